The minimum absolute atomic E-state index is 0.0988. The summed E-state index contributed by atoms with van der Waals surface area (Å²) in [5.74, 6) is -1.14. The van der Waals surface area contributed by atoms with E-state index >= 15 is 0 Å². The first-order chi connectivity index (χ1) is 8.60. The van der Waals surface area contributed by atoms with Gasteiger partial charge in [-0.3, -0.25) is 9.00 Å². The highest BCUT2D eigenvalue weighted by Gasteiger charge is 2.14. The second-order valence-corrected chi connectivity index (χ2v) is 4.91. The molecule has 1 unspecified atom stereocenters. The van der Waals surface area contributed by atoms with Crippen LogP contribution in [0.4, 0.5) is 8.78 Å². The van der Waals surface area contributed by atoms with Gasteiger partial charge < -0.3 is 4.42 Å². The largest absolute Gasteiger partial charge is 0.457 e. The predicted octanol–water partition coefficient (Wildman–Crippen LogP) is 2.68. The van der Waals surface area contributed by atoms with Crippen LogP contribution in [0.15, 0.2) is 39.6 Å². The molecule has 1 atom stereocenters. The van der Waals surface area contributed by atoms with Gasteiger partial charge in [0.05, 0.1) is 21.4 Å². The number of benzene rings is 1. The second kappa shape index (κ2) is 5.22. The molecule has 1 aromatic carbocycles. The SMILES string of the molecule is O=Cc1ccc(CS(=O)c2cc(F)ccc2F)o1. The fourth-order valence-corrected chi connectivity index (χ4v) is 2.49. The van der Waals surface area contributed by atoms with Crippen LogP contribution in [0.5, 0.6) is 0 Å². The second-order valence-electron chi connectivity index (χ2n) is 3.49. The molecule has 0 saturated heterocycles. The van der Waals surface area contributed by atoms with E-state index in [1.165, 1.54) is 12.1 Å². The Morgan fingerprint density at radius 3 is 2.67 bits per heavy atom. The fourth-order valence-electron chi connectivity index (χ4n) is 1.39. The summed E-state index contributed by atoms with van der Waals surface area (Å²) >= 11 is 0. The van der Waals surface area contributed by atoms with E-state index in [2.05, 4.69) is 0 Å². The van der Waals surface area contributed by atoms with Gasteiger partial charge in [0.15, 0.2) is 12.0 Å². The first-order valence-electron chi connectivity index (χ1n) is 4.97. The monoisotopic (exact) mass is 270 g/mol. The van der Waals surface area contributed by atoms with Crippen molar-refractivity contribution < 1.29 is 22.2 Å². The summed E-state index contributed by atoms with van der Waals surface area (Å²) in [6, 6.07) is 5.64. The van der Waals surface area contributed by atoms with Crippen molar-refractivity contribution in [2.24, 2.45) is 0 Å². The van der Waals surface area contributed by atoms with E-state index in [4.69, 9.17) is 4.42 Å². The van der Waals surface area contributed by atoms with E-state index in [0.717, 1.165) is 18.2 Å². The standard InChI is InChI=1S/C12H8F2O3S/c13-8-1-4-11(14)12(5-8)18(16)7-10-3-2-9(6-15)17-10/h1-6H,7H2. The number of hydrogen-bond acceptors (Lipinski definition) is 3. The van der Waals surface area contributed by atoms with Crippen LogP contribution in [0.1, 0.15) is 16.3 Å². The van der Waals surface area contributed by atoms with Crippen LogP contribution in [0.2, 0.25) is 0 Å². The Morgan fingerprint density at radius 1 is 1.22 bits per heavy atom. The third-order valence-electron chi connectivity index (χ3n) is 2.21. The topological polar surface area (TPSA) is 47.3 Å². The van der Waals surface area contributed by atoms with Crippen LogP contribution in [0, 0.1) is 11.6 Å². The normalized spacial score (nSPS) is 12.3. The van der Waals surface area contributed by atoms with E-state index < -0.39 is 22.4 Å². The van der Waals surface area contributed by atoms with Crippen molar-refractivity contribution in [2.75, 3.05) is 0 Å². The van der Waals surface area contributed by atoms with Gasteiger partial charge in [-0.2, -0.15) is 0 Å². The van der Waals surface area contributed by atoms with E-state index in [1.54, 1.807) is 0 Å². The molecule has 3 nitrogen and oxygen atoms in total. The number of hydrogen-bond donors (Lipinski definition) is 0. The Bertz CT molecular complexity index is 607. The maximum absolute atomic E-state index is 13.3. The van der Waals surface area contributed by atoms with Crippen LogP contribution < -0.4 is 0 Å². The third-order valence-corrected chi connectivity index (χ3v) is 3.56. The Morgan fingerprint density at radius 2 is 2.00 bits per heavy atom. The van der Waals surface area contributed by atoms with Gasteiger partial charge in [0.1, 0.15) is 17.4 Å². The van der Waals surface area contributed by atoms with Crippen molar-refractivity contribution in [1.29, 1.82) is 0 Å². The Kier molecular flexibility index (Phi) is 3.66. The van der Waals surface area contributed by atoms with Gasteiger partial charge in [0.25, 0.3) is 0 Å². The lowest BCUT2D eigenvalue weighted by Crippen LogP contribution is -1.99. The highest BCUT2D eigenvalue weighted by Crippen LogP contribution is 2.18. The van der Waals surface area contributed by atoms with Crippen molar-refractivity contribution in [3.63, 3.8) is 0 Å². The van der Waals surface area contributed by atoms with Crippen LogP contribution in [-0.2, 0) is 16.6 Å². The van der Waals surface area contributed by atoms with E-state index in [0.29, 0.717) is 6.29 Å². The average molecular weight is 270 g/mol. The minimum Gasteiger partial charge on any atom is -0.457 e. The number of halogens is 2. The number of carbonyl (C=O) groups is 1. The fraction of sp³-hybridized carbons (Fsp3) is 0.0833. The molecule has 94 valence electrons. The van der Waals surface area contributed by atoms with Gasteiger partial charge in [-0.1, -0.05) is 0 Å². The number of furan rings is 1. The molecule has 18 heavy (non-hydrogen) atoms. The molecule has 2 aromatic rings. The van der Waals surface area contributed by atoms with Gasteiger partial charge in [0, 0.05) is 0 Å². The summed E-state index contributed by atoms with van der Waals surface area (Å²) in [6.07, 6.45) is 0.509. The molecular weight excluding hydrogens is 262 g/mol. The van der Waals surface area contributed by atoms with Crippen molar-refractivity contribution in [2.45, 2.75) is 10.6 Å². The summed E-state index contributed by atoms with van der Waals surface area (Å²) < 4.78 is 43.1. The molecule has 0 amide bonds. The van der Waals surface area contributed by atoms with Gasteiger partial charge >= 0.3 is 0 Å². The van der Waals surface area contributed by atoms with Gasteiger partial charge in [-0.15, -0.1) is 0 Å². The van der Waals surface area contributed by atoms with Crippen molar-refractivity contribution in [1.82, 2.24) is 0 Å². The highest BCUT2D eigenvalue weighted by atomic mass is 32.2. The van der Waals surface area contributed by atoms with Crippen LogP contribution in [-0.4, -0.2) is 10.5 Å². The van der Waals surface area contributed by atoms with E-state index in [-0.39, 0.29) is 22.2 Å². The number of rotatable bonds is 4. The summed E-state index contributed by atoms with van der Waals surface area (Å²) in [7, 11) is -1.77. The predicted molar refractivity (Wildman–Crippen MR) is 60.6 cm³/mol. The smallest absolute Gasteiger partial charge is 0.185 e. The summed E-state index contributed by atoms with van der Waals surface area (Å²) in [4.78, 5) is 10.2. The molecule has 0 aliphatic rings. The summed E-state index contributed by atoms with van der Waals surface area (Å²) in [6.45, 7) is 0. The minimum atomic E-state index is -1.77. The Labute approximate surface area is 104 Å². The van der Waals surface area contributed by atoms with Crippen molar-refractivity contribution in [3.05, 3.63) is 53.5 Å². The van der Waals surface area contributed by atoms with Gasteiger partial charge in [-0.05, 0) is 30.3 Å². The van der Waals surface area contributed by atoms with E-state index in [9.17, 15) is 17.8 Å². The molecule has 0 N–H and O–H groups in total. The lowest BCUT2D eigenvalue weighted by molar-refractivity contribution is 0.109. The van der Waals surface area contributed by atoms with Crippen molar-refractivity contribution >= 4 is 17.1 Å². The summed E-state index contributed by atoms with van der Waals surface area (Å²) in [5, 5.41) is 0. The molecule has 0 fully saturated rings. The van der Waals surface area contributed by atoms with Crippen LogP contribution in [0.3, 0.4) is 0 Å². The number of aldehydes is 1. The molecule has 0 bridgehead atoms. The molecule has 0 saturated carbocycles. The molecule has 1 aromatic heterocycles. The van der Waals surface area contributed by atoms with Crippen molar-refractivity contribution in [3.8, 4) is 0 Å². The number of carbonyl (C=O) groups excluding carboxylic acids is 1. The molecule has 0 spiro atoms. The first-order valence-corrected chi connectivity index (χ1v) is 6.29. The first kappa shape index (κ1) is 12.6. The lowest BCUT2D eigenvalue weighted by atomic mass is 10.3. The third kappa shape index (κ3) is 2.70. The Balaban J connectivity index is 2.21. The summed E-state index contributed by atoms with van der Waals surface area (Å²) in [5.41, 5.74) is 0. The molecule has 2 rings (SSSR count). The van der Waals surface area contributed by atoms with Crippen LogP contribution >= 0.6 is 0 Å². The molecular formula is C12H8F2O3S. The molecule has 0 aliphatic carbocycles. The Hall–Kier alpha value is -1.82. The van der Waals surface area contributed by atoms with E-state index in [1.807, 2.05) is 0 Å². The maximum atomic E-state index is 13.3. The molecule has 6 heteroatoms. The highest BCUT2D eigenvalue weighted by molar-refractivity contribution is 7.84. The zero-order valence-corrected chi connectivity index (χ0v) is 9.88. The zero-order valence-electron chi connectivity index (χ0n) is 9.06. The molecule has 1 heterocycles. The average Bonchev–Trinajstić information content (AvgIpc) is 2.80. The molecule has 0 radical (unpaired) electrons. The van der Waals surface area contributed by atoms with Crippen LogP contribution in [0.25, 0.3) is 0 Å². The maximum Gasteiger partial charge on any atom is 0.185 e. The lowest BCUT2D eigenvalue weighted by Gasteiger charge is -2.02. The zero-order chi connectivity index (χ0) is 13.1. The van der Waals surface area contributed by atoms with Gasteiger partial charge in [0.2, 0.25) is 0 Å². The quantitative estimate of drug-likeness (QED) is 0.802. The van der Waals surface area contributed by atoms with Gasteiger partial charge in [-0.25, -0.2) is 8.78 Å². The molecule has 0 aliphatic heterocycles.